The van der Waals surface area contributed by atoms with Crippen molar-refractivity contribution in [2.24, 2.45) is 0 Å². The van der Waals surface area contributed by atoms with Gasteiger partial charge < -0.3 is 24.3 Å². The van der Waals surface area contributed by atoms with E-state index in [1.807, 2.05) is 30.0 Å². The number of ether oxygens (including phenoxy) is 1. The Morgan fingerprint density at radius 1 is 1.25 bits per heavy atom. The van der Waals surface area contributed by atoms with Gasteiger partial charge in [-0.15, -0.1) is 0 Å². The maximum Gasteiger partial charge on any atom is 0.251 e. The third-order valence-electron chi connectivity index (χ3n) is 4.69. The highest BCUT2D eigenvalue weighted by Gasteiger charge is 2.19. The highest BCUT2D eigenvalue weighted by molar-refractivity contribution is 9.09. The summed E-state index contributed by atoms with van der Waals surface area (Å²) < 4.78 is 11.5. The summed E-state index contributed by atoms with van der Waals surface area (Å²) in [7, 11) is 3.90. The molecule has 2 aromatic rings. The van der Waals surface area contributed by atoms with E-state index in [0.29, 0.717) is 67.0 Å². The number of carbonyl (C=O) groups is 1. The van der Waals surface area contributed by atoms with Crippen molar-refractivity contribution in [1.29, 1.82) is 0 Å². The molecule has 1 amide bonds. The number of amides is 1. The van der Waals surface area contributed by atoms with E-state index in [9.17, 15) is 9.59 Å². The predicted molar refractivity (Wildman–Crippen MR) is 114 cm³/mol. The Morgan fingerprint density at radius 3 is 2.68 bits per heavy atom. The summed E-state index contributed by atoms with van der Waals surface area (Å²) >= 11 is 3.45. The number of benzene rings is 1. The van der Waals surface area contributed by atoms with Crippen LogP contribution in [0.15, 0.2) is 27.4 Å². The van der Waals surface area contributed by atoms with Crippen LogP contribution in [0.4, 0.5) is 5.88 Å². The van der Waals surface area contributed by atoms with E-state index in [-0.39, 0.29) is 11.3 Å². The maximum atomic E-state index is 12.8. The second-order valence-electron chi connectivity index (χ2n) is 7.06. The Balaban J connectivity index is 1.97. The number of nitrogens with zero attached hydrogens (tertiary/aromatic N) is 2. The number of hydrogen-bond donors (Lipinski definition) is 1. The first-order valence-corrected chi connectivity index (χ1v) is 10.5. The zero-order valence-corrected chi connectivity index (χ0v) is 17.9. The van der Waals surface area contributed by atoms with Crippen LogP contribution in [0, 0.1) is 0 Å². The molecule has 1 fully saturated rings. The van der Waals surface area contributed by atoms with Gasteiger partial charge in [-0.2, -0.15) is 0 Å². The van der Waals surface area contributed by atoms with Crippen molar-refractivity contribution in [3.8, 4) is 0 Å². The summed E-state index contributed by atoms with van der Waals surface area (Å²) in [5, 5.41) is 4.05. The molecule has 3 rings (SSSR count). The Hall–Kier alpha value is -1.90. The number of hydrogen-bond acceptors (Lipinski definition) is 6. The van der Waals surface area contributed by atoms with Crippen LogP contribution in [0.1, 0.15) is 15.9 Å². The van der Waals surface area contributed by atoms with Crippen molar-refractivity contribution in [1.82, 2.24) is 10.2 Å². The van der Waals surface area contributed by atoms with E-state index in [1.165, 1.54) is 6.07 Å². The minimum Gasteiger partial charge on any atom is -0.440 e. The van der Waals surface area contributed by atoms with E-state index in [2.05, 4.69) is 21.2 Å². The van der Waals surface area contributed by atoms with Crippen LogP contribution in [0.2, 0.25) is 0 Å². The number of nitrogens with one attached hydrogen (secondary N) is 1. The third kappa shape index (κ3) is 4.92. The molecule has 0 aliphatic carbocycles. The monoisotopic (exact) mass is 451 g/mol. The topological polar surface area (TPSA) is 75.0 Å². The molecule has 28 heavy (non-hydrogen) atoms. The van der Waals surface area contributed by atoms with Gasteiger partial charge in [0.1, 0.15) is 5.58 Å². The number of fused-ring (bicyclic) bond motifs is 1. The first-order valence-electron chi connectivity index (χ1n) is 9.42. The van der Waals surface area contributed by atoms with Crippen LogP contribution in [0.25, 0.3) is 11.0 Å². The molecule has 1 aliphatic rings. The van der Waals surface area contributed by atoms with Crippen molar-refractivity contribution in [2.75, 3.05) is 63.7 Å². The Labute approximate surface area is 172 Å². The predicted octanol–water partition coefficient (Wildman–Crippen LogP) is 1.86. The van der Waals surface area contributed by atoms with E-state index in [0.717, 1.165) is 12.1 Å². The first kappa shape index (κ1) is 20.8. The zero-order chi connectivity index (χ0) is 20.1. The number of aryl methyl sites for hydroxylation is 1. The van der Waals surface area contributed by atoms with Gasteiger partial charge >= 0.3 is 0 Å². The molecular weight excluding hydrogens is 426 g/mol. The van der Waals surface area contributed by atoms with E-state index in [4.69, 9.17) is 9.15 Å². The van der Waals surface area contributed by atoms with Gasteiger partial charge in [-0.1, -0.05) is 15.9 Å². The molecule has 0 radical (unpaired) electrons. The number of likely N-dealkylation sites (N-methyl/N-ethyl adjacent to an activating group) is 1. The highest BCUT2D eigenvalue weighted by atomic mass is 79.9. The Morgan fingerprint density at radius 2 is 2.00 bits per heavy atom. The SMILES string of the molecule is CN(C)CCNC(=O)c1cc(CCBr)c2oc(N3CCOCC3)cc(=O)c2c1. The quantitative estimate of drug-likeness (QED) is 0.647. The van der Waals surface area contributed by atoms with E-state index < -0.39 is 0 Å². The van der Waals surface area contributed by atoms with Crippen molar-refractivity contribution in [3.63, 3.8) is 0 Å². The van der Waals surface area contributed by atoms with E-state index in [1.54, 1.807) is 6.07 Å². The minimum atomic E-state index is -0.184. The van der Waals surface area contributed by atoms with Gasteiger partial charge in [0.05, 0.1) is 18.6 Å². The molecule has 7 nitrogen and oxygen atoms in total. The zero-order valence-electron chi connectivity index (χ0n) is 16.3. The van der Waals surface area contributed by atoms with Gasteiger partial charge in [0.15, 0.2) is 11.3 Å². The molecule has 0 unspecified atom stereocenters. The first-order chi connectivity index (χ1) is 13.5. The smallest absolute Gasteiger partial charge is 0.251 e. The fourth-order valence-electron chi connectivity index (χ4n) is 3.17. The molecule has 1 N–H and O–H groups in total. The molecule has 0 saturated carbocycles. The number of anilines is 1. The van der Waals surface area contributed by atoms with Crippen LogP contribution in [-0.4, -0.2) is 69.6 Å². The fraction of sp³-hybridized carbons (Fsp3) is 0.500. The van der Waals surface area contributed by atoms with Crippen molar-refractivity contribution >= 4 is 38.7 Å². The average molecular weight is 452 g/mol. The molecule has 0 bridgehead atoms. The average Bonchev–Trinajstić information content (AvgIpc) is 2.68. The molecule has 1 saturated heterocycles. The summed E-state index contributed by atoms with van der Waals surface area (Å²) in [5.41, 5.74) is 1.74. The number of morpholine rings is 1. The van der Waals surface area contributed by atoms with Crippen molar-refractivity contribution in [2.45, 2.75) is 6.42 Å². The van der Waals surface area contributed by atoms with Crippen molar-refractivity contribution < 1.29 is 13.9 Å². The second kappa shape index (κ2) is 9.54. The second-order valence-corrected chi connectivity index (χ2v) is 7.85. The van der Waals surface area contributed by atoms with E-state index >= 15 is 0 Å². The van der Waals surface area contributed by atoms with Gasteiger partial charge in [-0.05, 0) is 38.2 Å². The van der Waals surface area contributed by atoms with Gasteiger partial charge in [-0.3, -0.25) is 9.59 Å². The summed E-state index contributed by atoms with van der Waals surface area (Å²) in [4.78, 5) is 29.4. The fourth-order valence-corrected chi connectivity index (χ4v) is 3.60. The summed E-state index contributed by atoms with van der Waals surface area (Å²) in [6.45, 7) is 3.90. The van der Waals surface area contributed by atoms with Crippen LogP contribution >= 0.6 is 15.9 Å². The van der Waals surface area contributed by atoms with Crippen molar-refractivity contribution in [3.05, 3.63) is 39.5 Å². The molecule has 2 heterocycles. The lowest BCUT2D eigenvalue weighted by Gasteiger charge is -2.27. The summed E-state index contributed by atoms with van der Waals surface area (Å²) in [6, 6.07) is 4.97. The number of carbonyl (C=O) groups excluding carboxylic acids is 1. The Kier molecular flexibility index (Phi) is 7.09. The largest absolute Gasteiger partial charge is 0.440 e. The molecule has 1 aromatic heterocycles. The molecule has 0 spiro atoms. The molecular formula is C20H26BrN3O4. The highest BCUT2D eigenvalue weighted by Crippen LogP contribution is 2.25. The van der Waals surface area contributed by atoms with Gasteiger partial charge in [0.25, 0.3) is 5.91 Å². The van der Waals surface area contributed by atoms with Gasteiger partial charge in [0.2, 0.25) is 0 Å². The third-order valence-corrected chi connectivity index (χ3v) is 5.08. The van der Waals surface area contributed by atoms with Crippen LogP contribution in [0.3, 0.4) is 0 Å². The number of halogens is 1. The van der Waals surface area contributed by atoms with Gasteiger partial charge in [0, 0.05) is 43.1 Å². The Bertz CT molecular complexity index is 891. The lowest BCUT2D eigenvalue weighted by Crippen LogP contribution is -2.36. The number of alkyl halides is 1. The van der Waals surface area contributed by atoms with Crippen LogP contribution < -0.4 is 15.6 Å². The lowest BCUT2D eigenvalue weighted by atomic mass is 10.0. The molecule has 0 atom stereocenters. The standard InChI is InChI=1S/C20H26BrN3O4/c1-23(2)6-5-22-20(26)15-11-14(3-4-21)19-16(12-15)17(25)13-18(28-19)24-7-9-27-10-8-24/h11-13H,3-10H2,1-2H3,(H,22,26). The summed E-state index contributed by atoms with van der Waals surface area (Å²) in [6.07, 6.45) is 0.658. The lowest BCUT2D eigenvalue weighted by molar-refractivity contribution is 0.0951. The molecule has 152 valence electrons. The molecule has 8 heteroatoms. The van der Waals surface area contributed by atoms with Crippen LogP contribution in [-0.2, 0) is 11.2 Å². The summed E-state index contributed by atoms with van der Waals surface area (Å²) in [5.74, 6) is 0.371. The number of rotatable bonds is 7. The van der Waals surface area contributed by atoms with Crippen LogP contribution in [0.5, 0.6) is 0 Å². The molecule has 1 aromatic carbocycles. The maximum absolute atomic E-state index is 12.8. The normalized spacial score (nSPS) is 14.6. The molecule has 1 aliphatic heterocycles. The minimum absolute atomic E-state index is 0.137. The van der Waals surface area contributed by atoms with Gasteiger partial charge in [-0.25, -0.2) is 0 Å².